The molecule has 5 aromatic rings. The van der Waals surface area contributed by atoms with Crippen molar-refractivity contribution in [1.82, 2.24) is 19.7 Å². The Hall–Kier alpha value is -3.08. The number of hydrogen-bond donors (Lipinski definition) is 1. The Labute approximate surface area is 289 Å². The largest absolute Gasteiger partial charge is 1.00 e. The third-order valence-electron chi connectivity index (χ3n) is 6.93. The number of nitrogens with one attached hydrogen (secondary N) is 1. The molecule has 3 aromatic carbocycles. The molecule has 0 atom stereocenters. The van der Waals surface area contributed by atoms with Crippen LogP contribution in [-0.4, -0.2) is 25.8 Å². The molecule has 0 aliphatic heterocycles. The Bertz CT molecular complexity index is 1760. The second-order valence-corrected chi connectivity index (χ2v) is 10.4. The SMILES string of the molecule is CCCCc1nc(C)c(-c2ccc(OC(C)C)cc2)c(=O)n1Cc1ccc(-c2ccccc2-c2noc(=O)[nH]2)cc1.[H-].[K+]. The molecule has 0 radical (unpaired) electrons. The van der Waals surface area contributed by atoms with Crippen molar-refractivity contribution in [2.45, 2.75) is 59.6 Å². The van der Waals surface area contributed by atoms with Crippen LogP contribution in [0.1, 0.15) is 52.1 Å². The van der Waals surface area contributed by atoms with E-state index in [1.54, 1.807) is 4.57 Å². The van der Waals surface area contributed by atoms with Crippen molar-refractivity contribution in [3.63, 3.8) is 0 Å². The molecular weight excluding hydrogens is 555 g/mol. The van der Waals surface area contributed by atoms with Crippen molar-refractivity contribution in [1.29, 1.82) is 0 Å². The van der Waals surface area contributed by atoms with E-state index in [9.17, 15) is 9.59 Å². The maximum Gasteiger partial charge on any atom is 1.00 e. The summed E-state index contributed by atoms with van der Waals surface area (Å²) in [5, 5.41) is 3.85. The Kier molecular flexibility index (Phi) is 10.9. The molecule has 2 aromatic heterocycles. The number of nitrogens with zero attached hydrogens (tertiary/aromatic N) is 3. The summed E-state index contributed by atoms with van der Waals surface area (Å²) in [7, 11) is 0. The average molecular weight is 591 g/mol. The summed E-state index contributed by atoms with van der Waals surface area (Å²) in [6.07, 6.45) is 2.77. The van der Waals surface area contributed by atoms with E-state index in [2.05, 4.69) is 17.1 Å². The van der Waals surface area contributed by atoms with Gasteiger partial charge in [-0.25, -0.2) is 9.78 Å². The van der Waals surface area contributed by atoms with Gasteiger partial charge in [0, 0.05) is 12.0 Å². The van der Waals surface area contributed by atoms with Crippen LogP contribution in [0.5, 0.6) is 5.75 Å². The number of aromatic nitrogens is 4. The standard InChI is InChI=1S/C33H34N4O4.K.H/c1-5-6-11-29-34-22(4)30(25-16-18-26(19-17-25)40-21(2)3)32(38)37(29)20-23-12-14-24(15-13-23)27-9-7-8-10-28(27)31-35-33(39)41-36-31;;/h7-10,12-19,21H,5-6,11,20H2,1-4H3,(H,35,36,39);;/q;+1;-1. The molecule has 8 nitrogen and oxygen atoms in total. The molecule has 0 saturated carbocycles. The molecule has 5 rings (SSSR count). The van der Waals surface area contributed by atoms with Gasteiger partial charge in [0.1, 0.15) is 11.6 Å². The third-order valence-corrected chi connectivity index (χ3v) is 6.93. The van der Waals surface area contributed by atoms with Gasteiger partial charge in [-0.1, -0.05) is 79.2 Å². The fourth-order valence-electron chi connectivity index (χ4n) is 4.97. The Morgan fingerprint density at radius 2 is 1.62 bits per heavy atom. The van der Waals surface area contributed by atoms with E-state index < -0.39 is 5.76 Å². The summed E-state index contributed by atoms with van der Waals surface area (Å²) < 4.78 is 12.3. The second kappa shape index (κ2) is 14.4. The Balaban J connectivity index is 0.00000253. The van der Waals surface area contributed by atoms with Gasteiger partial charge < -0.3 is 6.16 Å². The molecule has 0 bridgehead atoms. The number of aryl methyl sites for hydroxylation is 2. The zero-order valence-corrected chi connectivity index (χ0v) is 27.9. The van der Waals surface area contributed by atoms with Crippen molar-refractivity contribution in [3.05, 3.63) is 111 Å². The van der Waals surface area contributed by atoms with Crippen LogP contribution in [0, 0.1) is 6.92 Å². The average Bonchev–Trinajstić information content (AvgIpc) is 3.40. The Morgan fingerprint density at radius 1 is 0.952 bits per heavy atom. The Morgan fingerprint density at radius 3 is 2.24 bits per heavy atom. The van der Waals surface area contributed by atoms with E-state index in [0.29, 0.717) is 17.9 Å². The van der Waals surface area contributed by atoms with E-state index in [-0.39, 0.29) is 64.5 Å². The maximum absolute atomic E-state index is 14.0. The van der Waals surface area contributed by atoms with Crippen molar-refractivity contribution in [2.75, 3.05) is 0 Å². The molecule has 0 aliphatic carbocycles. The van der Waals surface area contributed by atoms with E-state index >= 15 is 0 Å². The van der Waals surface area contributed by atoms with Crippen LogP contribution in [0.3, 0.4) is 0 Å². The van der Waals surface area contributed by atoms with Gasteiger partial charge in [-0.15, -0.1) is 0 Å². The van der Waals surface area contributed by atoms with Gasteiger partial charge >= 0.3 is 57.1 Å². The molecule has 1 N–H and O–H groups in total. The number of H-pyrrole nitrogens is 1. The van der Waals surface area contributed by atoms with Gasteiger partial charge in [0.2, 0.25) is 0 Å². The van der Waals surface area contributed by atoms with Crippen molar-refractivity contribution >= 4 is 0 Å². The summed E-state index contributed by atoms with van der Waals surface area (Å²) in [6.45, 7) is 8.42. The first kappa shape index (κ1) is 31.8. The minimum Gasteiger partial charge on any atom is -1.00 e. The smallest absolute Gasteiger partial charge is 1.00 e. The molecule has 2 heterocycles. The fourth-order valence-corrected chi connectivity index (χ4v) is 4.97. The molecule has 0 spiro atoms. The van der Waals surface area contributed by atoms with Gasteiger partial charge in [-0.3, -0.25) is 18.9 Å². The third kappa shape index (κ3) is 7.27. The first-order valence-electron chi connectivity index (χ1n) is 14.0. The van der Waals surface area contributed by atoms with Crippen LogP contribution in [0.15, 0.2) is 86.9 Å². The fraction of sp³-hybridized carbons (Fsp3) is 0.273. The molecular formula is C33H35KN4O4. The zero-order chi connectivity index (χ0) is 28.9. The molecule has 0 fully saturated rings. The van der Waals surface area contributed by atoms with Crippen molar-refractivity contribution in [2.24, 2.45) is 0 Å². The van der Waals surface area contributed by atoms with Crippen LogP contribution < -0.4 is 67.4 Å². The van der Waals surface area contributed by atoms with E-state index in [0.717, 1.165) is 64.3 Å². The van der Waals surface area contributed by atoms with E-state index in [4.69, 9.17) is 14.2 Å². The summed E-state index contributed by atoms with van der Waals surface area (Å²) in [6, 6.07) is 23.4. The second-order valence-electron chi connectivity index (χ2n) is 10.4. The van der Waals surface area contributed by atoms with Crippen LogP contribution in [-0.2, 0) is 13.0 Å². The van der Waals surface area contributed by atoms with Crippen LogP contribution >= 0.6 is 0 Å². The monoisotopic (exact) mass is 590 g/mol. The minimum atomic E-state index is -0.597. The predicted molar refractivity (Wildman–Crippen MR) is 161 cm³/mol. The van der Waals surface area contributed by atoms with Gasteiger partial charge in [-0.05, 0) is 61.6 Å². The van der Waals surface area contributed by atoms with Crippen molar-refractivity contribution in [3.8, 4) is 39.4 Å². The molecule has 212 valence electrons. The summed E-state index contributed by atoms with van der Waals surface area (Å²) in [5.74, 6) is 1.34. The van der Waals surface area contributed by atoms with Gasteiger partial charge in [0.15, 0.2) is 5.82 Å². The molecule has 42 heavy (non-hydrogen) atoms. The number of benzene rings is 3. The van der Waals surface area contributed by atoms with Crippen LogP contribution in [0.4, 0.5) is 0 Å². The maximum atomic E-state index is 14.0. The first-order chi connectivity index (χ1) is 19.8. The zero-order valence-electron chi connectivity index (χ0n) is 25.8. The number of rotatable bonds is 10. The summed E-state index contributed by atoms with van der Waals surface area (Å²) >= 11 is 0. The van der Waals surface area contributed by atoms with E-state index in [1.165, 1.54) is 0 Å². The predicted octanol–water partition coefficient (Wildman–Crippen LogP) is 3.52. The van der Waals surface area contributed by atoms with Gasteiger partial charge in [0.25, 0.3) is 5.56 Å². The van der Waals surface area contributed by atoms with Gasteiger partial charge in [0.05, 0.1) is 23.9 Å². The summed E-state index contributed by atoms with van der Waals surface area (Å²) in [5.41, 5.74) is 5.72. The molecule has 0 amide bonds. The normalized spacial score (nSPS) is 11.0. The quantitative estimate of drug-likeness (QED) is 0.250. The number of aromatic amines is 1. The molecule has 0 unspecified atom stereocenters. The van der Waals surface area contributed by atoms with Gasteiger partial charge in [-0.2, -0.15) is 0 Å². The van der Waals surface area contributed by atoms with Crippen LogP contribution in [0.2, 0.25) is 0 Å². The number of unbranched alkanes of at least 4 members (excludes halogenated alkanes) is 1. The van der Waals surface area contributed by atoms with E-state index in [1.807, 2.05) is 93.6 Å². The number of ether oxygens (including phenoxy) is 1. The molecule has 0 saturated heterocycles. The minimum absolute atomic E-state index is 0. The van der Waals surface area contributed by atoms with Crippen molar-refractivity contribution < 1.29 is 62.1 Å². The summed E-state index contributed by atoms with van der Waals surface area (Å²) in [4.78, 5) is 33.0. The topological polar surface area (TPSA) is 103 Å². The first-order valence-corrected chi connectivity index (χ1v) is 14.0. The van der Waals surface area contributed by atoms with Crippen LogP contribution in [0.25, 0.3) is 33.6 Å². The molecule has 9 heteroatoms. The number of hydrogen-bond acceptors (Lipinski definition) is 6. The molecule has 0 aliphatic rings.